The number of hydrogen-bond acceptors (Lipinski definition) is 3. The standard InChI is InChI=1S/C13H17F3N2O2S.ClH/c14-13(15,16)11-4-2-1-3-10(11)8-21(19,20)18-7-12(17)9-5-6-9;/h1-4,9,12,18H,5-8,17H2;1H. The summed E-state index contributed by atoms with van der Waals surface area (Å²) in [6, 6.07) is 4.38. The van der Waals surface area contributed by atoms with Gasteiger partial charge in [-0.15, -0.1) is 12.4 Å². The minimum absolute atomic E-state index is 0. The third-order valence-corrected chi connectivity index (χ3v) is 4.73. The molecule has 1 aliphatic rings. The number of halogens is 4. The van der Waals surface area contributed by atoms with E-state index in [4.69, 9.17) is 5.73 Å². The van der Waals surface area contributed by atoms with Gasteiger partial charge in [0.1, 0.15) is 0 Å². The molecule has 0 saturated heterocycles. The zero-order valence-corrected chi connectivity index (χ0v) is 13.3. The van der Waals surface area contributed by atoms with Gasteiger partial charge in [0.25, 0.3) is 0 Å². The van der Waals surface area contributed by atoms with Gasteiger partial charge in [-0.05, 0) is 30.4 Å². The van der Waals surface area contributed by atoms with Crippen LogP contribution in [0.1, 0.15) is 24.0 Å². The number of alkyl halides is 3. The molecule has 9 heteroatoms. The molecule has 1 atom stereocenters. The fourth-order valence-corrected chi connectivity index (χ4v) is 3.30. The summed E-state index contributed by atoms with van der Waals surface area (Å²) in [7, 11) is -3.85. The zero-order valence-electron chi connectivity index (χ0n) is 11.6. The molecular formula is C13H18ClF3N2O2S. The van der Waals surface area contributed by atoms with Gasteiger partial charge in [0.15, 0.2) is 0 Å². The summed E-state index contributed by atoms with van der Waals surface area (Å²) in [5.74, 6) is -0.393. The van der Waals surface area contributed by atoms with Gasteiger partial charge in [0.2, 0.25) is 10.0 Å². The van der Waals surface area contributed by atoms with Gasteiger partial charge in [-0.2, -0.15) is 13.2 Å². The highest BCUT2D eigenvalue weighted by molar-refractivity contribution is 7.88. The van der Waals surface area contributed by atoms with Crippen molar-refractivity contribution in [3.63, 3.8) is 0 Å². The molecule has 22 heavy (non-hydrogen) atoms. The first-order chi connectivity index (χ1) is 9.69. The zero-order chi connectivity index (χ0) is 15.7. The molecule has 4 nitrogen and oxygen atoms in total. The Morgan fingerprint density at radius 3 is 2.41 bits per heavy atom. The van der Waals surface area contributed by atoms with Crippen LogP contribution in [0, 0.1) is 5.92 Å². The minimum Gasteiger partial charge on any atom is -0.326 e. The third-order valence-electron chi connectivity index (χ3n) is 3.43. The van der Waals surface area contributed by atoms with Gasteiger partial charge in [-0.1, -0.05) is 18.2 Å². The van der Waals surface area contributed by atoms with Crippen LogP contribution in [0.4, 0.5) is 13.2 Å². The third kappa shape index (κ3) is 5.42. The number of rotatable bonds is 6. The van der Waals surface area contributed by atoms with Crippen molar-refractivity contribution >= 4 is 22.4 Å². The van der Waals surface area contributed by atoms with Crippen LogP contribution in [0.15, 0.2) is 24.3 Å². The lowest BCUT2D eigenvalue weighted by atomic mass is 10.1. The van der Waals surface area contributed by atoms with Crippen LogP contribution < -0.4 is 10.5 Å². The van der Waals surface area contributed by atoms with Crippen molar-refractivity contribution in [1.82, 2.24) is 4.72 Å². The normalized spacial score (nSPS) is 16.9. The van der Waals surface area contributed by atoms with E-state index in [2.05, 4.69) is 4.72 Å². The van der Waals surface area contributed by atoms with Gasteiger partial charge >= 0.3 is 6.18 Å². The molecule has 0 bridgehead atoms. The molecular weight excluding hydrogens is 341 g/mol. The maximum Gasteiger partial charge on any atom is 0.416 e. The summed E-state index contributed by atoms with van der Waals surface area (Å²) >= 11 is 0. The van der Waals surface area contributed by atoms with E-state index in [0.29, 0.717) is 5.92 Å². The van der Waals surface area contributed by atoms with Crippen molar-refractivity contribution in [3.8, 4) is 0 Å². The first kappa shape index (κ1) is 19.2. The van der Waals surface area contributed by atoms with Crippen LogP contribution in [-0.2, 0) is 22.0 Å². The lowest BCUT2D eigenvalue weighted by Gasteiger charge is -2.15. The van der Waals surface area contributed by atoms with Crippen LogP contribution in [0.25, 0.3) is 0 Å². The molecule has 0 aromatic heterocycles. The topological polar surface area (TPSA) is 72.2 Å². The first-order valence-corrected chi connectivity index (χ1v) is 8.22. The van der Waals surface area contributed by atoms with Gasteiger partial charge in [-0.25, -0.2) is 13.1 Å². The monoisotopic (exact) mass is 358 g/mol. The Balaban J connectivity index is 0.00000242. The van der Waals surface area contributed by atoms with Crippen molar-refractivity contribution in [1.29, 1.82) is 0 Å². The summed E-state index contributed by atoms with van der Waals surface area (Å²) in [6.45, 7) is 0.0567. The second kappa shape index (κ2) is 7.16. The molecule has 126 valence electrons. The predicted molar refractivity (Wildman–Crippen MR) is 80.0 cm³/mol. The molecule has 1 aliphatic carbocycles. The van der Waals surface area contributed by atoms with E-state index in [1.807, 2.05) is 0 Å². The number of sulfonamides is 1. The smallest absolute Gasteiger partial charge is 0.326 e. The molecule has 1 fully saturated rings. The highest BCUT2D eigenvalue weighted by atomic mass is 35.5. The largest absolute Gasteiger partial charge is 0.416 e. The van der Waals surface area contributed by atoms with E-state index in [1.165, 1.54) is 18.2 Å². The summed E-state index contributed by atoms with van der Waals surface area (Å²) < 4.78 is 64.5. The maximum atomic E-state index is 12.8. The van der Waals surface area contributed by atoms with Crippen molar-refractivity contribution in [2.24, 2.45) is 11.7 Å². The fraction of sp³-hybridized carbons (Fsp3) is 0.538. The average molecular weight is 359 g/mol. The lowest BCUT2D eigenvalue weighted by molar-refractivity contribution is -0.138. The molecule has 3 N–H and O–H groups in total. The van der Waals surface area contributed by atoms with E-state index in [0.717, 1.165) is 18.9 Å². The molecule has 0 amide bonds. The number of nitrogens with one attached hydrogen (secondary N) is 1. The Kier molecular flexibility index (Phi) is 6.26. The molecule has 0 spiro atoms. The molecule has 1 unspecified atom stereocenters. The summed E-state index contributed by atoms with van der Waals surface area (Å²) in [5.41, 5.74) is 4.58. The maximum absolute atomic E-state index is 12.8. The molecule has 2 rings (SSSR count). The van der Waals surface area contributed by atoms with E-state index in [-0.39, 0.29) is 30.6 Å². The molecule has 0 heterocycles. The number of hydrogen-bond donors (Lipinski definition) is 2. The van der Waals surface area contributed by atoms with Crippen LogP contribution in [0.2, 0.25) is 0 Å². The summed E-state index contributed by atoms with van der Waals surface area (Å²) in [6.07, 6.45) is -2.63. The fourth-order valence-electron chi connectivity index (χ4n) is 2.09. The van der Waals surface area contributed by atoms with E-state index in [9.17, 15) is 21.6 Å². The van der Waals surface area contributed by atoms with Crippen LogP contribution in [-0.4, -0.2) is 21.0 Å². The first-order valence-electron chi connectivity index (χ1n) is 6.57. The molecule has 0 radical (unpaired) electrons. The van der Waals surface area contributed by atoms with Gasteiger partial charge < -0.3 is 5.73 Å². The quantitative estimate of drug-likeness (QED) is 0.819. The lowest BCUT2D eigenvalue weighted by Crippen LogP contribution is -2.39. The Morgan fingerprint density at radius 1 is 1.27 bits per heavy atom. The predicted octanol–water partition coefficient (Wildman–Crippen LogP) is 2.28. The van der Waals surface area contributed by atoms with Crippen molar-refractivity contribution < 1.29 is 21.6 Å². The number of nitrogens with two attached hydrogens (primary N) is 1. The van der Waals surface area contributed by atoms with Gasteiger partial charge in [0, 0.05) is 12.6 Å². The molecule has 0 aliphatic heterocycles. The Labute approximate surface area is 133 Å². The summed E-state index contributed by atoms with van der Waals surface area (Å²) in [4.78, 5) is 0. The molecule has 1 aromatic carbocycles. The second-order valence-corrected chi connectivity index (χ2v) is 7.07. The van der Waals surface area contributed by atoms with Crippen LogP contribution >= 0.6 is 12.4 Å². The highest BCUT2D eigenvalue weighted by Crippen LogP contribution is 2.33. The van der Waals surface area contributed by atoms with E-state index < -0.39 is 27.5 Å². The summed E-state index contributed by atoms with van der Waals surface area (Å²) in [5, 5.41) is 0. The van der Waals surface area contributed by atoms with E-state index >= 15 is 0 Å². The van der Waals surface area contributed by atoms with Gasteiger partial charge in [0.05, 0.1) is 11.3 Å². The Bertz CT molecular complexity index is 604. The van der Waals surface area contributed by atoms with E-state index in [1.54, 1.807) is 0 Å². The molecule has 1 saturated carbocycles. The van der Waals surface area contributed by atoms with Crippen LogP contribution in [0.5, 0.6) is 0 Å². The highest BCUT2D eigenvalue weighted by Gasteiger charge is 2.34. The van der Waals surface area contributed by atoms with Gasteiger partial charge in [-0.3, -0.25) is 0 Å². The number of benzene rings is 1. The second-order valence-electron chi connectivity index (χ2n) is 5.26. The minimum atomic E-state index is -4.57. The SMILES string of the molecule is Cl.NC(CNS(=O)(=O)Cc1ccccc1C(F)(F)F)C1CC1. The average Bonchev–Trinajstić information content (AvgIpc) is 3.19. The Morgan fingerprint density at radius 2 is 1.86 bits per heavy atom. The molecule has 1 aromatic rings. The van der Waals surface area contributed by atoms with Crippen molar-refractivity contribution in [3.05, 3.63) is 35.4 Å². The van der Waals surface area contributed by atoms with Crippen LogP contribution in [0.3, 0.4) is 0 Å². The van der Waals surface area contributed by atoms with Crippen molar-refractivity contribution in [2.45, 2.75) is 30.8 Å². The Hall–Kier alpha value is -0.830. The van der Waals surface area contributed by atoms with Crippen molar-refractivity contribution in [2.75, 3.05) is 6.54 Å².